The molecule has 3 unspecified atom stereocenters. The molecule has 0 radical (unpaired) electrons. The molecule has 0 saturated carbocycles. The summed E-state index contributed by atoms with van der Waals surface area (Å²) in [6.07, 6.45) is 7.23. The summed E-state index contributed by atoms with van der Waals surface area (Å²) >= 11 is 3.07. The van der Waals surface area contributed by atoms with E-state index in [4.69, 9.17) is 0 Å². The summed E-state index contributed by atoms with van der Waals surface area (Å²) in [6, 6.07) is 6.94. The third-order valence-corrected chi connectivity index (χ3v) is 12.4. The number of nitrogens with zero attached hydrogens (tertiary/aromatic N) is 2. The predicted molar refractivity (Wildman–Crippen MR) is 237 cm³/mol. The molecule has 1 aromatic carbocycles. The lowest BCUT2D eigenvalue weighted by Gasteiger charge is -2.23. The Morgan fingerprint density at radius 2 is 1.21 bits per heavy atom. The number of amides is 6. The normalized spacial score (nSPS) is 18.1. The smallest absolute Gasteiger partial charge is 0.242 e. The molecular weight excluding hydrogens is 773 g/mol. The van der Waals surface area contributed by atoms with E-state index in [0.29, 0.717) is 29.8 Å². The van der Waals surface area contributed by atoms with Gasteiger partial charge in [-0.05, 0) is 58.8 Å². The van der Waals surface area contributed by atoms with Gasteiger partial charge in [-0.1, -0.05) is 114 Å². The molecule has 3 rings (SSSR count). The average Bonchev–Trinajstić information content (AvgIpc) is 3.54. The van der Waals surface area contributed by atoms with Crippen LogP contribution in [0.3, 0.4) is 0 Å². The van der Waals surface area contributed by atoms with Crippen molar-refractivity contribution in [1.82, 2.24) is 15.1 Å². The van der Waals surface area contributed by atoms with Crippen LogP contribution >= 0.6 is 23.5 Å². The summed E-state index contributed by atoms with van der Waals surface area (Å²) in [7, 11) is 0. The Kier molecular flexibility index (Phi) is 22.3. The van der Waals surface area contributed by atoms with E-state index in [9.17, 15) is 33.6 Å². The van der Waals surface area contributed by atoms with Crippen molar-refractivity contribution in [3.8, 4) is 0 Å². The molecule has 11 nitrogen and oxygen atoms in total. The molecule has 2 aliphatic heterocycles. The molecule has 2 saturated heterocycles. The van der Waals surface area contributed by atoms with Crippen molar-refractivity contribution in [2.75, 3.05) is 18.4 Å². The lowest BCUT2D eigenvalue weighted by Crippen LogP contribution is -2.46. The fourth-order valence-electron chi connectivity index (χ4n) is 6.88. The van der Waals surface area contributed by atoms with Gasteiger partial charge in [-0.15, -0.1) is 23.5 Å². The maximum atomic E-state index is 13.0. The number of hydrogen-bond donors (Lipinski definition) is 2. The Morgan fingerprint density at radius 3 is 1.69 bits per heavy atom. The molecule has 2 heterocycles. The number of carbonyl (C=O) groups excluding carboxylic acids is 7. The zero-order valence-corrected chi connectivity index (χ0v) is 38.7. The number of imide groups is 2. The maximum Gasteiger partial charge on any atom is 0.242 e. The van der Waals surface area contributed by atoms with Gasteiger partial charge in [-0.3, -0.25) is 43.4 Å². The highest BCUT2D eigenvalue weighted by Gasteiger charge is 2.40. The van der Waals surface area contributed by atoms with Crippen molar-refractivity contribution in [1.29, 1.82) is 0 Å². The molecule has 0 bridgehead atoms. The average molecular weight is 845 g/mol. The Balaban J connectivity index is 0.000000487. The number of likely N-dealkylation sites (tertiary alicyclic amines) is 2. The fraction of sp³-hybridized carbons (Fsp3) is 0.711. The minimum absolute atomic E-state index is 0.00751. The number of hydrogen-bond acceptors (Lipinski definition) is 9. The Morgan fingerprint density at radius 1 is 0.690 bits per heavy atom. The van der Waals surface area contributed by atoms with E-state index in [1.54, 1.807) is 18.7 Å². The summed E-state index contributed by atoms with van der Waals surface area (Å²) in [5.41, 5.74) is 1.88. The molecular formula is C45H72N4O7S2. The van der Waals surface area contributed by atoms with E-state index in [2.05, 4.69) is 52.2 Å². The van der Waals surface area contributed by atoms with Gasteiger partial charge in [0.2, 0.25) is 35.4 Å². The first kappa shape index (κ1) is 51.0. The molecule has 2 fully saturated rings. The van der Waals surface area contributed by atoms with E-state index in [1.165, 1.54) is 41.5 Å². The van der Waals surface area contributed by atoms with E-state index in [0.717, 1.165) is 30.1 Å². The summed E-state index contributed by atoms with van der Waals surface area (Å²) in [6.45, 7) is 22.8. The number of Topliss-reactive ketones (excluding diaryl/α,β-unsaturated/α-hetero) is 1. The topological polar surface area (TPSA) is 150 Å². The zero-order chi connectivity index (χ0) is 43.7. The molecule has 1 aromatic rings. The number of ketones is 1. The van der Waals surface area contributed by atoms with Crippen LogP contribution in [-0.2, 0) is 40.0 Å². The highest BCUT2D eigenvalue weighted by Crippen LogP contribution is 2.29. The lowest BCUT2D eigenvalue weighted by molar-refractivity contribution is -0.140. The van der Waals surface area contributed by atoms with E-state index < -0.39 is 23.1 Å². The minimum Gasteiger partial charge on any atom is -0.346 e. The first-order valence-electron chi connectivity index (χ1n) is 21.4. The largest absolute Gasteiger partial charge is 0.346 e. The third-order valence-electron chi connectivity index (χ3n) is 9.90. The third kappa shape index (κ3) is 18.0. The zero-order valence-electron chi connectivity index (χ0n) is 37.1. The lowest BCUT2D eigenvalue weighted by atomic mass is 9.92. The molecule has 6 amide bonds. The standard InChI is InChI=1S/C29H43N3O5S.C16H29NO2S/c1-17(2)14-21-8-10-22(11-9-21)30-28(36)20(7)15-23(33)27(18(3)4)31-25(34)12-13-32-26(35)16-24(29(32)37)38-19(5)6;1-12(2)9-7-5-6-8-10-17-15(18)11-14(16(17)19)20-13(3)4/h8-11,17-20,24,27H,12-16H2,1-7H3,(H,30,36)(H,31,34);12-14H,5-11H2,1-4H3/t20-,24?,27?;/m1./s1. The van der Waals surface area contributed by atoms with Crippen LogP contribution in [-0.4, -0.2) is 91.2 Å². The molecule has 4 atom stereocenters. The van der Waals surface area contributed by atoms with Gasteiger partial charge >= 0.3 is 0 Å². The van der Waals surface area contributed by atoms with Crippen LogP contribution in [0.2, 0.25) is 0 Å². The number of anilines is 1. The molecule has 2 N–H and O–H groups in total. The fourth-order valence-corrected chi connectivity index (χ4v) is 9.16. The van der Waals surface area contributed by atoms with E-state index in [-0.39, 0.29) is 77.5 Å². The summed E-state index contributed by atoms with van der Waals surface area (Å²) < 4.78 is 0. The molecule has 0 aliphatic carbocycles. The molecule has 58 heavy (non-hydrogen) atoms. The van der Waals surface area contributed by atoms with Crippen molar-refractivity contribution in [3.63, 3.8) is 0 Å². The Bertz CT molecular complexity index is 1530. The second-order valence-electron chi connectivity index (χ2n) is 17.5. The van der Waals surface area contributed by atoms with E-state index >= 15 is 0 Å². The highest BCUT2D eigenvalue weighted by molar-refractivity contribution is 8.01. The SMILES string of the molecule is CC(C)CCCCCCN1C(=O)CC(SC(C)C)C1=O.CC(C)Cc1ccc(NC(=O)[C@H](C)CC(=O)C(NC(=O)CCN2C(=O)CC(SC(C)C)C2=O)C(C)C)cc1. The first-order valence-corrected chi connectivity index (χ1v) is 23.3. The van der Waals surface area contributed by atoms with Crippen molar-refractivity contribution in [2.45, 2.75) is 167 Å². The summed E-state index contributed by atoms with van der Waals surface area (Å²) in [5, 5.41) is 5.69. The van der Waals surface area contributed by atoms with Crippen molar-refractivity contribution < 1.29 is 33.6 Å². The summed E-state index contributed by atoms with van der Waals surface area (Å²) in [4.78, 5) is 89.9. The van der Waals surface area contributed by atoms with Gasteiger partial charge < -0.3 is 10.6 Å². The second kappa shape index (κ2) is 25.4. The van der Waals surface area contributed by atoms with Crippen LogP contribution in [0.4, 0.5) is 5.69 Å². The van der Waals surface area contributed by atoms with Gasteiger partial charge in [0.25, 0.3) is 0 Å². The molecule has 326 valence electrons. The summed E-state index contributed by atoms with van der Waals surface area (Å²) in [5.74, 6) is -0.813. The molecule has 13 heteroatoms. The quantitative estimate of drug-likeness (QED) is 0.0824. The number of benzene rings is 1. The van der Waals surface area contributed by atoms with Gasteiger partial charge in [0, 0.05) is 50.4 Å². The second-order valence-corrected chi connectivity index (χ2v) is 21.1. The first-order chi connectivity index (χ1) is 27.2. The number of carbonyl (C=O) groups is 7. The van der Waals surface area contributed by atoms with Gasteiger partial charge in [-0.25, -0.2) is 0 Å². The monoisotopic (exact) mass is 844 g/mol. The highest BCUT2D eigenvalue weighted by atomic mass is 32.2. The Labute approximate surface area is 357 Å². The molecule has 0 spiro atoms. The van der Waals surface area contributed by atoms with Crippen LogP contribution in [0.1, 0.15) is 140 Å². The van der Waals surface area contributed by atoms with Crippen LogP contribution in [0.15, 0.2) is 24.3 Å². The number of rotatable bonds is 23. The van der Waals surface area contributed by atoms with Gasteiger partial charge in [0.1, 0.15) is 0 Å². The van der Waals surface area contributed by atoms with Crippen molar-refractivity contribution in [2.24, 2.45) is 23.7 Å². The van der Waals surface area contributed by atoms with E-state index in [1.807, 2.05) is 52.0 Å². The Hall–Kier alpha value is -3.19. The van der Waals surface area contributed by atoms with Gasteiger partial charge in [0.05, 0.1) is 16.5 Å². The number of thioether (sulfide) groups is 2. The minimum atomic E-state index is -0.762. The van der Waals surface area contributed by atoms with Crippen molar-refractivity contribution in [3.05, 3.63) is 29.8 Å². The molecule has 0 aromatic heterocycles. The van der Waals surface area contributed by atoms with Crippen LogP contribution in [0, 0.1) is 23.7 Å². The van der Waals surface area contributed by atoms with Crippen LogP contribution < -0.4 is 10.6 Å². The van der Waals surface area contributed by atoms with Gasteiger partial charge in [-0.2, -0.15) is 0 Å². The van der Waals surface area contributed by atoms with Crippen molar-refractivity contribution >= 4 is 70.4 Å². The maximum absolute atomic E-state index is 13.0. The van der Waals surface area contributed by atoms with Gasteiger partial charge in [0.15, 0.2) is 5.78 Å². The van der Waals surface area contributed by atoms with Crippen LogP contribution in [0.5, 0.6) is 0 Å². The molecule has 2 aliphatic rings. The predicted octanol–water partition coefficient (Wildman–Crippen LogP) is 8.08. The number of nitrogens with one attached hydrogen (secondary N) is 2. The van der Waals surface area contributed by atoms with Crippen LogP contribution in [0.25, 0.3) is 0 Å². The number of unbranched alkanes of at least 4 members (excludes halogenated alkanes) is 3.